The highest BCUT2D eigenvalue weighted by atomic mass is 32.2. The van der Waals surface area contributed by atoms with Crippen molar-refractivity contribution in [3.05, 3.63) is 71.5 Å². The lowest BCUT2D eigenvalue weighted by atomic mass is 9.96. The molecule has 0 N–H and O–H groups in total. The smallest absolute Gasteiger partial charge is 0.309 e. The van der Waals surface area contributed by atoms with Gasteiger partial charge in [0.2, 0.25) is 5.91 Å². The molecule has 4 rings (SSSR count). The minimum absolute atomic E-state index is 0.0715. The van der Waals surface area contributed by atoms with Gasteiger partial charge in [-0.15, -0.1) is 10.2 Å². The summed E-state index contributed by atoms with van der Waals surface area (Å²) in [5, 5.41) is 9.96. The van der Waals surface area contributed by atoms with Crippen LogP contribution in [0.3, 0.4) is 0 Å². The molecule has 1 fully saturated rings. The highest BCUT2D eigenvalue weighted by Crippen LogP contribution is 2.26. The second-order valence-corrected chi connectivity index (χ2v) is 10.5. The second kappa shape index (κ2) is 13.4. The molecule has 1 aliphatic heterocycles. The van der Waals surface area contributed by atoms with Crippen LogP contribution in [0.2, 0.25) is 0 Å². The number of rotatable bonds is 11. The monoisotopic (exact) mass is 520 g/mol. The van der Waals surface area contributed by atoms with Crippen LogP contribution in [0.25, 0.3) is 5.69 Å². The number of carbonyl (C=O) groups excluding carboxylic acids is 2. The topological polar surface area (TPSA) is 77.3 Å². The zero-order valence-corrected chi connectivity index (χ0v) is 22.6. The maximum Gasteiger partial charge on any atom is 0.309 e. The normalized spacial score (nSPS) is 14.1. The maximum absolute atomic E-state index is 12.7. The van der Waals surface area contributed by atoms with Gasteiger partial charge in [-0.3, -0.25) is 14.2 Å². The number of esters is 1. The summed E-state index contributed by atoms with van der Waals surface area (Å²) in [6.45, 7) is 5.62. The number of likely N-dealkylation sites (tertiary alicyclic amines) is 1. The zero-order valence-electron chi connectivity index (χ0n) is 21.8. The average molecular weight is 521 g/mol. The molecule has 1 aromatic heterocycles. The van der Waals surface area contributed by atoms with E-state index in [1.807, 2.05) is 42.2 Å². The molecule has 1 amide bonds. The molecule has 3 aromatic rings. The van der Waals surface area contributed by atoms with Crippen LogP contribution in [0.1, 0.15) is 56.0 Å². The summed E-state index contributed by atoms with van der Waals surface area (Å²) >= 11 is 1.69. The number of ether oxygens (including phenoxy) is 1. The number of amides is 1. The van der Waals surface area contributed by atoms with Gasteiger partial charge in [0, 0.05) is 31.7 Å². The molecule has 0 spiro atoms. The third kappa shape index (κ3) is 7.22. The predicted octanol–water partition coefficient (Wildman–Crippen LogP) is 5.23. The number of unbranched alkanes of at least 4 members (excludes halogenated alkanes) is 1. The summed E-state index contributed by atoms with van der Waals surface area (Å²) in [4.78, 5) is 26.5. The van der Waals surface area contributed by atoms with Crippen LogP contribution >= 0.6 is 11.8 Å². The van der Waals surface area contributed by atoms with E-state index in [9.17, 15) is 9.59 Å². The first-order chi connectivity index (χ1) is 18.1. The molecule has 0 aliphatic carbocycles. The third-order valence-electron chi connectivity index (χ3n) is 6.75. The molecule has 1 aliphatic rings. The second-order valence-electron chi connectivity index (χ2n) is 9.40. The number of aromatic nitrogens is 3. The SMILES string of the molecule is CCOC(=O)C1CCN(C(=O)CCCCSc2nnc(Cc3ccccc3)n2-c2ccccc2C)CC1. The maximum atomic E-state index is 12.7. The molecule has 2 aromatic carbocycles. The van der Waals surface area contributed by atoms with Gasteiger partial charge in [0.15, 0.2) is 5.16 Å². The third-order valence-corrected chi connectivity index (χ3v) is 7.76. The molecule has 2 heterocycles. The van der Waals surface area contributed by atoms with Gasteiger partial charge in [-0.05, 0) is 56.7 Å². The number of thioether (sulfide) groups is 1. The van der Waals surface area contributed by atoms with Gasteiger partial charge in [-0.25, -0.2) is 0 Å². The first-order valence-electron chi connectivity index (χ1n) is 13.2. The predicted molar refractivity (Wildman–Crippen MR) is 146 cm³/mol. The minimum Gasteiger partial charge on any atom is -0.466 e. The Kier molecular flexibility index (Phi) is 9.77. The van der Waals surface area contributed by atoms with E-state index in [1.54, 1.807) is 11.8 Å². The molecule has 0 saturated carbocycles. The van der Waals surface area contributed by atoms with E-state index in [0.717, 1.165) is 35.3 Å². The Balaban J connectivity index is 1.29. The van der Waals surface area contributed by atoms with E-state index < -0.39 is 0 Å². The largest absolute Gasteiger partial charge is 0.466 e. The summed E-state index contributed by atoms with van der Waals surface area (Å²) < 4.78 is 7.30. The number of piperidine rings is 1. The number of benzene rings is 2. The van der Waals surface area contributed by atoms with Crippen molar-refractivity contribution in [1.29, 1.82) is 0 Å². The van der Waals surface area contributed by atoms with Crippen LogP contribution in [-0.2, 0) is 20.7 Å². The van der Waals surface area contributed by atoms with Gasteiger partial charge in [-0.1, -0.05) is 60.3 Å². The first kappa shape index (κ1) is 26.9. The van der Waals surface area contributed by atoms with Crippen molar-refractivity contribution in [2.75, 3.05) is 25.4 Å². The molecule has 0 radical (unpaired) electrons. The minimum atomic E-state index is -0.128. The lowest BCUT2D eigenvalue weighted by Gasteiger charge is -2.31. The Bertz CT molecular complexity index is 1170. The molecule has 0 bridgehead atoms. The number of hydrogen-bond donors (Lipinski definition) is 0. The van der Waals surface area contributed by atoms with Crippen molar-refractivity contribution >= 4 is 23.6 Å². The van der Waals surface area contributed by atoms with Gasteiger partial charge in [0.1, 0.15) is 5.82 Å². The zero-order chi connectivity index (χ0) is 26.0. The van der Waals surface area contributed by atoms with Crippen molar-refractivity contribution in [1.82, 2.24) is 19.7 Å². The van der Waals surface area contributed by atoms with Crippen molar-refractivity contribution in [2.24, 2.45) is 5.92 Å². The number of carbonyl (C=O) groups is 2. The van der Waals surface area contributed by atoms with Crippen LogP contribution in [0.15, 0.2) is 59.8 Å². The standard InChI is InChI=1S/C29H36N4O3S/c1-3-36-28(35)24-16-18-32(19-17-24)27(34)15-9-10-20-37-29-31-30-26(21-23-12-5-4-6-13-23)33(29)25-14-8-7-11-22(25)2/h4-8,11-14,24H,3,9-10,15-21H2,1-2H3. The van der Waals surface area contributed by atoms with Crippen LogP contribution in [0.4, 0.5) is 0 Å². The van der Waals surface area contributed by atoms with Crippen LogP contribution in [0.5, 0.6) is 0 Å². The lowest BCUT2D eigenvalue weighted by molar-refractivity contribution is -0.151. The molecule has 0 unspecified atom stereocenters. The highest BCUT2D eigenvalue weighted by Gasteiger charge is 2.27. The Hall–Kier alpha value is -3.13. The quantitative estimate of drug-likeness (QED) is 0.196. The number of para-hydroxylation sites is 1. The Morgan fingerprint density at radius 1 is 1.00 bits per heavy atom. The van der Waals surface area contributed by atoms with Crippen molar-refractivity contribution < 1.29 is 14.3 Å². The van der Waals surface area contributed by atoms with E-state index in [0.29, 0.717) is 45.4 Å². The number of aryl methyl sites for hydroxylation is 1. The fourth-order valence-electron chi connectivity index (χ4n) is 4.67. The molecule has 8 heteroatoms. The highest BCUT2D eigenvalue weighted by molar-refractivity contribution is 7.99. The van der Waals surface area contributed by atoms with Crippen LogP contribution in [-0.4, -0.2) is 57.0 Å². The average Bonchev–Trinajstić information content (AvgIpc) is 3.31. The van der Waals surface area contributed by atoms with Crippen LogP contribution < -0.4 is 0 Å². The van der Waals surface area contributed by atoms with Crippen LogP contribution in [0, 0.1) is 12.8 Å². The van der Waals surface area contributed by atoms with E-state index in [-0.39, 0.29) is 17.8 Å². The van der Waals surface area contributed by atoms with E-state index in [4.69, 9.17) is 4.74 Å². The summed E-state index contributed by atoms with van der Waals surface area (Å²) in [6, 6.07) is 18.6. The van der Waals surface area contributed by atoms with Crippen molar-refractivity contribution in [3.63, 3.8) is 0 Å². The number of nitrogens with zero attached hydrogens (tertiary/aromatic N) is 4. The fourth-order valence-corrected chi connectivity index (χ4v) is 5.63. The molecule has 196 valence electrons. The fraction of sp³-hybridized carbons (Fsp3) is 0.448. The molecular formula is C29H36N4O3S. The molecular weight excluding hydrogens is 484 g/mol. The molecule has 37 heavy (non-hydrogen) atoms. The van der Waals surface area contributed by atoms with E-state index in [1.165, 1.54) is 11.1 Å². The van der Waals surface area contributed by atoms with E-state index >= 15 is 0 Å². The molecule has 1 saturated heterocycles. The van der Waals surface area contributed by atoms with Gasteiger partial charge >= 0.3 is 5.97 Å². The summed E-state index contributed by atoms with van der Waals surface area (Å²) in [6.07, 6.45) is 4.39. The van der Waals surface area contributed by atoms with Crippen molar-refractivity contribution in [2.45, 2.75) is 57.5 Å². The Morgan fingerprint density at radius 3 is 2.46 bits per heavy atom. The molecule has 0 atom stereocenters. The Morgan fingerprint density at radius 2 is 1.73 bits per heavy atom. The van der Waals surface area contributed by atoms with E-state index in [2.05, 4.69) is 46.0 Å². The Labute approximate surface area is 223 Å². The number of hydrogen-bond acceptors (Lipinski definition) is 6. The van der Waals surface area contributed by atoms with Gasteiger partial charge in [0.25, 0.3) is 0 Å². The van der Waals surface area contributed by atoms with Gasteiger partial charge in [-0.2, -0.15) is 0 Å². The summed E-state index contributed by atoms with van der Waals surface area (Å²) in [5.41, 5.74) is 3.48. The summed E-state index contributed by atoms with van der Waals surface area (Å²) in [5.74, 6) is 1.77. The van der Waals surface area contributed by atoms with Gasteiger partial charge < -0.3 is 9.64 Å². The lowest BCUT2D eigenvalue weighted by Crippen LogP contribution is -2.40. The van der Waals surface area contributed by atoms with Gasteiger partial charge in [0.05, 0.1) is 18.2 Å². The van der Waals surface area contributed by atoms with Crippen molar-refractivity contribution in [3.8, 4) is 5.69 Å². The first-order valence-corrected chi connectivity index (χ1v) is 14.2. The summed E-state index contributed by atoms with van der Waals surface area (Å²) in [7, 11) is 0. The molecule has 7 nitrogen and oxygen atoms in total.